The number of carbonyl (C=O) groups is 5. The van der Waals surface area contributed by atoms with Crippen LogP contribution in [-0.4, -0.2) is 80.0 Å². The van der Waals surface area contributed by atoms with E-state index in [9.17, 15) is 29.2 Å². The summed E-state index contributed by atoms with van der Waals surface area (Å²) in [5.74, 6) is -3.84. The number of hydrogen-bond acceptors (Lipinski definition) is 11. The molecule has 1 aliphatic rings. The second-order valence-electron chi connectivity index (χ2n) is 16.5. The molecule has 4 atom stereocenters. The molecule has 1 aliphatic heterocycles. The number of nitrogens with zero attached hydrogens (tertiary/aromatic N) is 2. The molecular formula is C49H65FN6O7. The molecule has 13 nitrogen and oxygen atoms in total. The van der Waals surface area contributed by atoms with Crippen molar-refractivity contribution in [2.75, 3.05) is 39.9 Å². The highest BCUT2D eigenvalue weighted by atomic mass is 19.1. The standard InChI is InChI=1S/C49H65FN6O7/c1-5-6-7-8-9-11-34-24-31(2)37(30-40(34)50)43(58)29-36(17-19-52)49(61)56(4)47-35-14-16-46(63-23-21-54)39(28-35)38-26-33(13-15-45(38)62-22-20-53)27-41(42(57)12-10-18-51)55-48(60)32(3)25-44(47)59/h13-16,24,26,28,30,32,36,41,47H,5-12,17,19-23,25,27,29,52-54H2,1-4H3,(H,55,60)/t32-,36-,41+,47+/m1/s1. The molecule has 7 N–H and O–H groups in total. The van der Waals surface area contributed by atoms with Gasteiger partial charge in [-0.3, -0.25) is 24.0 Å². The van der Waals surface area contributed by atoms with Gasteiger partial charge in [0, 0.05) is 74.3 Å². The predicted molar refractivity (Wildman–Crippen MR) is 240 cm³/mol. The highest BCUT2D eigenvalue weighted by Crippen LogP contribution is 2.41. The molecule has 0 saturated heterocycles. The Kier molecular flexibility index (Phi) is 19.9. The second kappa shape index (κ2) is 25.0. The predicted octanol–water partition coefficient (Wildman–Crippen LogP) is 6.24. The third-order valence-corrected chi connectivity index (χ3v) is 11.6. The van der Waals surface area contributed by atoms with Crippen molar-refractivity contribution in [3.8, 4) is 28.7 Å². The minimum Gasteiger partial charge on any atom is -0.492 e. The van der Waals surface area contributed by atoms with Crippen LogP contribution in [0.15, 0.2) is 48.5 Å². The van der Waals surface area contributed by atoms with Crippen molar-refractivity contribution < 1.29 is 37.8 Å². The summed E-state index contributed by atoms with van der Waals surface area (Å²) >= 11 is 0. The first-order chi connectivity index (χ1) is 30.3. The first-order valence-corrected chi connectivity index (χ1v) is 22.2. The first kappa shape index (κ1) is 50.2. The number of Topliss-reactive ketones (excluding diaryl/α,β-unsaturated/α-hetero) is 3. The number of halogens is 1. The fourth-order valence-electron chi connectivity index (χ4n) is 8.13. The Morgan fingerprint density at radius 1 is 0.921 bits per heavy atom. The fraction of sp³-hybridized carbons (Fsp3) is 0.510. The van der Waals surface area contributed by atoms with Crippen LogP contribution in [0.1, 0.15) is 117 Å². The van der Waals surface area contributed by atoms with Crippen LogP contribution in [0.5, 0.6) is 11.5 Å². The number of nitrogens with one attached hydrogen (secondary N) is 1. The first-order valence-electron chi connectivity index (χ1n) is 22.2. The summed E-state index contributed by atoms with van der Waals surface area (Å²) in [4.78, 5) is 71.8. The van der Waals surface area contributed by atoms with Crippen molar-refractivity contribution in [2.24, 2.45) is 29.0 Å². The molecule has 0 radical (unpaired) electrons. The number of aryl methyl sites for hydroxylation is 2. The Balaban J connectivity index is 1.80. The summed E-state index contributed by atoms with van der Waals surface area (Å²) in [5.41, 5.74) is 21.2. The van der Waals surface area contributed by atoms with E-state index < -0.39 is 53.1 Å². The zero-order chi connectivity index (χ0) is 46.1. The molecule has 3 aromatic carbocycles. The normalized spacial score (nSPS) is 16.9. The third kappa shape index (κ3) is 13.7. The zero-order valence-corrected chi connectivity index (χ0v) is 37.3. The number of carbonyl (C=O) groups excluding carboxylic acids is 5. The molecular weight excluding hydrogens is 804 g/mol. The number of ether oxygens (including phenoxy) is 2. The number of hydrogen-bond donors (Lipinski definition) is 4. The summed E-state index contributed by atoms with van der Waals surface area (Å²) in [6.45, 7) is 6.28. The number of nitriles is 1. The Hall–Kier alpha value is -5.49. The minimum absolute atomic E-state index is 0.0359. The third-order valence-electron chi connectivity index (χ3n) is 11.6. The highest BCUT2D eigenvalue weighted by molar-refractivity contribution is 6.01. The molecule has 63 heavy (non-hydrogen) atoms. The number of likely N-dealkylation sites (N-methyl/N-ethyl adjacent to an activating group) is 1. The van der Waals surface area contributed by atoms with Crippen molar-refractivity contribution in [2.45, 2.75) is 110 Å². The Morgan fingerprint density at radius 2 is 1.59 bits per heavy atom. The van der Waals surface area contributed by atoms with Gasteiger partial charge >= 0.3 is 0 Å². The van der Waals surface area contributed by atoms with Gasteiger partial charge in [-0.1, -0.05) is 57.7 Å². The maximum atomic E-state index is 15.4. The number of nitrogens with two attached hydrogens (primary N) is 3. The lowest BCUT2D eigenvalue weighted by atomic mass is 9.87. The summed E-state index contributed by atoms with van der Waals surface area (Å²) in [7, 11) is 1.48. The molecule has 0 saturated carbocycles. The van der Waals surface area contributed by atoms with Gasteiger partial charge in [-0.25, -0.2) is 4.39 Å². The molecule has 4 bridgehead atoms. The second-order valence-corrected chi connectivity index (χ2v) is 16.5. The van der Waals surface area contributed by atoms with E-state index in [0.717, 1.165) is 32.1 Å². The zero-order valence-electron chi connectivity index (χ0n) is 37.3. The van der Waals surface area contributed by atoms with Crippen LogP contribution in [0.2, 0.25) is 0 Å². The molecule has 14 heteroatoms. The summed E-state index contributed by atoms with van der Waals surface area (Å²) in [6.07, 6.45) is 5.23. The maximum absolute atomic E-state index is 15.4. The lowest BCUT2D eigenvalue weighted by molar-refractivity contribution is -0.142. The van der Waals surface area contributed by atoms with E-state index >= 15 is 4.39 Å². The largest absolute Gasteiger partial charge is 0.492 e. The average Bonchev–Trinajstić information content (AvgIpc) is 3.26. The van der Waals surface area contributed by atoms with E-state index in [1.165, 1.54) is 18.0 Å². The van der Waals surface area contributed by atoms with Crippen LogP contribution in [-0.2, 0) is 32.0 Å². The van der Waals surface area contributed by atoms with E-state index in [0.29, 0.717) is 51.3 Å². The number of amides is 2. The molecule has 0 fully saturated rings. The van der Waals surface area contributed by atoms with Gasteiger partial charge in [0.2, 0.25) is 11.8 Å². The topological polar surface area (TPSA) is 221 Å². The van der Waals surface area contributed by atoms with Crippen LogP contribution >= 0.6 is 0 Å². The quantitative estimate of drug-likeness (QED) is 0.0654. The summed E-state index contributed by atoms with van der Waals surface area (Å²) in [6, 6.07) is 13.1. The smallest absolute Gasteiger partial charge is 0.226 e. The van der Waals surface area contributed by atoms with Crippen molar-refractivity contribution in [1.82, 2.24) is 10.2 Å². The SMILES string of the molecule is CCCCCCCc1cc(C)c(C(=O)C[C@@H](CCN)C(=O)N(C)[C@@H]2C(=O)C[C@@H](C)C(=O)N[C@H](C(=O)CCC#N)Cc3ccc(OCCN)c(c3)-c3cc2ccc3OCCN)cc1F. The van der Waals surface area contributed by atoms with E-state index in [2.05, 4.69) is 12.2 Å². The van der Waals surface area contributed by atoms with Gasteiger partial charge in [0.15, 0.2) is 17.3 Å². The molecule has 0 spiro atoms. The van der Waals surface area contributed by atoms with Crippen LogP contribution < -0.4 is 32.0 Å². The summed E-state index contributed by atoms with van der Waals surface area (Å²) < 4.78 is 27.6. The van der Waals surface area contributed by atoms with Crippen molar-refractivity contribution in [3.63, 3.8) is 0 Å². The van der Waals surface area contributed by atoms with Crippen LogP contribution in [0, 0.1) is 35.9 Å². The minimum atomic E-state index is -1.26. The molecule has 0 aliphatic carbocycles. The number of ketones is 3. The molecule has 2 amide bonds. The lowest BCUT2D eigenvalue weighted by Crippen LogP contribution is -2.46. The van der Waals surface area contributed by atoms with Crippen molar-refractivity contribution >= 4 is 29.2 Å². The number of fused-ring (bicyclic) bond motifs is 5. The molecule has 4 rings (SSSR count). The van der Waals surface area contributed by atoms with E-state index in [1.54, 1.807) is 50.2 Å². The highest BCUT2D eigenvalue weighted by Gasteiger charge is 2.36. The van der Waals surface area contributed by atoms with Gasteiger partial charge in [0.1, 0.15) is 36.6 Å². The molecule has 3 aromatic rings. The van der Waals surface area contributed by atoms with E-state index in [4.69, 9.17) is 26.7 Å². The van der Waals surface area contributed by atoms with E-state index in [-0.39, 0.29) is 82.7 Å². The molecule has 1 heterocycles. The number of benzene rings is 3. The monoisotopic (exact) mass is 868 g/mol. The van der Waals surface area contributed by atoms with Crippen molar-refractivity contribution in [3.05, 3.63) is 82.2 Å². The number of rotatable bonds is 22. The van der Waals surface area contributed by atoms with Crippen LogP contribution in [0.4, 0.5) is 4.39 Å². The van der Waals surface area contributed by atoms with E-state index in [1.807, 2.05) is 12.1 Å². The average molecular weight is 869 g/mol. The summed E-state index contributed by atoms with van der Waals surface area (Å²) in [5, 5.41) is 12.0. The van der Waals surface area contributed by atoms with Gasteiger partial charge in [0.05, 0.1) is 12.1 Å². The van der Waals surface area contributed by atoms with Crippen LogP contribution in [0.25, 0.3) is 11.1 Å². The maximum Gasteiger partial charge on any atom is 0.226 e. The number of unbranched alkanes of at least 4 members (excludes halogenated alkanes) is 4. The molecule has 0 unspecified atom stereocenters. The van der Waals surface area contributed by atoms with Gasteiger partial charge < -0.3 is 36.9 Å². The van der Waals surface area contributed by atoms with Gasteiger partial charge in [-0.05, 0) is 91.7 Å². The lowest BCUT2D eigenvalue weighted by Gasteiger charge is -2.32. The Bertz CT molecular complexity index is 2120. The molecule has 340 valence electrons. The fourth-order valence-corrected chi connectivity index (χ4v) is 8.13. The van der Waals surface area contributed by atoms with Crippen LogP contribution in [0.3, 0.4) is 0 Å². The van der Waals surface area contributed by atoms with Gasteiger partial charge in [0.25, 0.3) is 0 Å². The Morgan fingerprint density at radius 3 is 2.24 bits per heavy atom. The Labute approximate surface area is 371 Å². The van der Waals surface area contributed by atoms with Crippen molar-refractivity contribution in [1.29, 1.82) is 5.26 Å². The van der Waals surface area contributed by atoms with Gasteiger partial charge in [-0.2, -0.15) is 5.26 Å². The molecule has 0 aromatic heterocycles. The van der Waals surface area contributed by atoms with Gasteiger partial charge in [-0.15, -0.1) is 0 Å².